The van der Waals surface area contributed by atoms with Crippen LogP contribution in [0.5, 0.6) is 0 Å². The van der Waals surface area contributed by atoms with Crippen LogP contribution in [-0.2, 0) is 0 Å². The molecule has 0 bridgehead atoms. The molecule has 0 saturated carbocycles. The Morgan fingerprint density at radius 1 is 0.692 bits per heavy atom. The summed E-state index contributed by atoms with van der Waals surface area (Å²) in [6.07, 6.45) is 0. The summed E-state index contributed by atoms with van der Waals surface area (Å²) in [4.78, 5) is 0. The molecule has 0 aliphatic rings. The monoisotopic (exact) mass is 193 g/mol. The van der Waals surface area contributed by atoms with E-state index in [1.165, 1.54) is 11.1 Å². The molecule has 0 heterocycles. The molecule has 0 aliphatic carbocycles. The van der Waals surface area contributed by atoms with Crippen LogP contribution in [0, 0.1) is 6.07 Å². The molecule has 0 unspecified atom stereocenters. The van der Waals surface area contributed by atoms with Gasteiger partial charge in [0.15, 0.2) is 0 Å². The average molecular weight is 193 g/mol. The van der Waals surface area contributed by atoms with Crippen LogP contribution in [0.1, 0.15) is 0 Å². The maximum Gasteiger partial charge on any atom is -0.0184 e. The fourth-order valence-corrected chi connectivity index (χ4v) is 1.21. The van der Waals surface area contributed by atoms with Gasteiger partial charge in [-0.2, -0.15) is 0 Å². The van der Waals surface area contributed by atoms with Crippen molar-refractivity contribution in [1.29, 1.82) is 0 Å². The number of hydrogen-bond donors (Lipinski definition) is 0. The second kappa shape index (κ2) is 5.73. The Hall–Kier alpha value is 0.0764. The van der Waals surface area contributed by atoms with Gasteiger partial charge in [0, 0.05) is 0 Å². The van der Waals surface area contributed by atoms with Crippen molar-refractivity contribution in [2.75, 3.05) is 0 Å². The molecule has 0 atom stereocenters. The summed E-state index contributed by atoms with van der Waals surface area (Å²) in [5.41, 5.74) is 2.50. The van der Waals surface area contributed by atoms with Gasteiger partial charge in [-0.25, -0.2) is 0 Å². The second-order valence-electron chi connectivity index (χ2n) is 2.65. The van der Waals surface area contributed by atoms with E-state index in [2.05, 4.69) is 30.3 Å². The fraction of sp³-hybridized carbons (Fsp3) is 0. The molecule has 0 aromatic heterocycles. The maximum atomic E-state index is 3.00. The first kappa shape index (κ1) is 11.2. The first-order chi connectivity index (χ1) is 5.97. The van der Waals surface area contributed by atoms with Gasteiger partial charge in [-0.1, -0.05) is 54.6 Å². The van der Waals surface area contributed by atoms with Gasteiger partial charge in [-0.05, 0) is 17.2 Å². The third-order valence-corrected chi connectivity index (χ3v) is 1.83. The van der Waals surface area contributed by atoms with Crippen molar-refractivity contribution < 1.29 is 0 Å². The van der Waals surface area contributed by atoms with Gasteiger partial charge in [0.2, 0.25) is 0 Å². The van der Waals surface area contributed by atoms with Crippen LogP contribution < -0.4 is 0 Å². The van der Waals surface area contributed by atoms with E-state index in [0.717, 1.165) is 0 Å². The Morgan fingerprint density at radius 3 is 1.85 bits per heavy atom. The Kier molecular flexibility index (Phi) is 4.92. The Balaban J connectivity index is 0.000000845. The van der Waals surface area contributed by atoms with Crippen molar-refractivity contribution in [3.05, 3.63) is 60.7 Å². The molecule has 0 amide bonds. The van der Waals surface area contributed by atoms with E-state index in [1.54, 1.807) is 0 Å². The molecule has 0 fully saturated rings. The third-order valence-electron chi connectivity index (χ3n) is 1.83. The summed E-state index contributed by atoms with van der Waals surface area (Å²) in [6, 6.07) is 21.3. The Morgan fingerprint density at radius 2 is 1.23 bits per heavy atom. The van der Waals surface area contributed by atoms with Crippen LogP contribution in [0.3, 0.4) is 0 Å². The van der Waals surface area contributed by atoms with Crippen molar-refractivity contribution >= 4 is 51.4 Å². The van der Waals surface area contributed by atoms with E-state index in [4.69, 9.17) is 0 Å². The SMILES string of the molecule is [KH].[c]1ccc(-c2ccccc2)cc1. The van der Waals surface area contributed by atoms with Crippen molar-refractivity contribution in [1.82, 2.24) is 0 Å². The third kappa shape index (κ3) is 3.04. The predicted octanol–water partition coefficient (Wildman–Crippen LogP) is 2.51. The molecule has 2 rings (SSSR count). The first-order valence-corrected chi connectivity index (χ1v) is 3.98. The Bertz CT molecular complexity index is 303. The number of hydrogen-bond acceptors (Lipinski definition) is 0. The summed E-state index contributed by atoms with van der Waals surface area (Å²) in [5, 5.41) is 0. The molecule has 1 radical (unpaired) electrons. The smallest absolute Gasteiger partial charge is 0.0184 e. The summed E-state index contributed by atoms with van der Waals surface area (Å²) < 4.78 is 0. The number of benzene rings is 2. The zero-order valence-electron chi connectivity index (χ0n) is 6.70. The standard InChI is InChI=1S/C12H9.K.H/c1-3-7-11(8-4-1)12-9-5-2-6-10-12;;/h1,3-10H;;. The molecular weight excluding hydrogens is 183 g/mol. The van der Waals surface area contributed by atoms with Crippen molar-refractivity contribution in [3.63, 3.8) is 0 Å². The molecule has 0 nitrogen and oxygen atoms in total. The van der Waals surface area contributed by atoms with Crippen LogP contribution in [0.25, 0.3) is 11.1 Å². The minimum atomic E-state index is 0. The molecule has 13 heavy (non-hydrogen) atoms. The zero-order chi connectivity index (χ0) is 8.23. The molecule has 0 spiro atoms. The van der Waals surface area contributed by atoms with Crippen molar-refractivity contribution in [2.24, 2.45) is 0 Å². The molecule has 0 saturated heterocycles. The van der Waals surface area contributed by atoms with Gasteiger partial charge in [0.05, 0.1) is 0 Å². The van der Waals surface area contributed by atoms with Crippen LogP contribution in [0.15, 0.2) is 54.6 Å². The summed E-state index contributed by atoms with van der Waals surface area (Å²) in [7, 11) is 0. The molecular formula is C12H10K. The van der Waals surface area contributed by atoms with Crippen molar-refractivity contribution in [2.45, 2.75) is 0 Å². The fourth-order valence-electron chi connectivity index (χ4n) is 1.21. The Labute approximate surface area is 121 Å². The maximum absolute atomic E-state index is 3.00. The molecule has 0 aliphatic heterocycles. The molecule has 2 aromatic rings. The molecule has 0 N–H and O–H groups in total. The van der Waals surface area contributed by atoms with Gasteiger partial charge in [-0.15, -0.1) is 0 Å². The molecule has 1 heteroatoms. The van der Waals surface area contributed by atoms with E-state index in [0.29, 0.717) is 0 Å². The normalized spacial score (nSPS) is 8.92. The minimum Gasteiger partial charge on any atom is -0.0622 e. The second-order valence-corrected chi connectivity index (χ2v) is 2.65. The van der Waals surface area contributed by atoms with E-state index in [9.17, 15) is 0 Å². The molecule has 2 aromatic carbocycles. The van der Waals surface area contributed by atoms with E-state index in [-0.39, 0.29) is 51.4 Å². The first-order valence-electron chi connectivity index (χ1n) is 3.98. The van der Waals surface area contributed by atoms with Crippen molar-refractivity contribution in [3.8, 4) is 11.1 Å². The van der Waals surface area contributed by atoms with Gasteiger partial charge in [0.25, 0.3) is 0 Å². The van der Waals surface area contributed by atoms with Gasteiger partial charge < -0.3 is 0 Å². The summed E-state index contributed by atoms with van der Waals surface area (Å²) in [5.74, 6) is 0. The van der Waals surface area contributed by atoms with E-state index in [1.807, 2.05) is 30.3 Å². The van der Waals surface area contributed by atoms with Gasteiger partial charge >= 0.3 is 51.4 Å². The summed E-state index contributed by atoms with van der Waals surface area (Å²) >= 11 is 0. The number of rotatable bonds is 1. The zero-order valence-corrected chi connectivity index (χ0v) is 6.70. The van der Waals surface area contributed by atoms with E-state index >= 15 is 0 Å². The van der Waals surface area contributed by atoms with Crippen LogP contribution >= 0.6 is 0 Å². The van der Waals surface area contributed by atoms with Crippen LogP contribution in [0.4, 0.5) is 0 Å². The predicted molar refractivity (Wildman–Crippen MR) is 57.9 cm³/mol. The largest absolute Gasteiger partial charge is 0.0622 e. The van der Waals surface area contributed by atoms with Crippen LogP contribution in [-0.4, -0.2) is 51.4 Å². The van der Waals surface area contributed by atoms with E-state index < -0.39 is 0 Å². The summed E-state index contributed by atoms with van der Waals surface area (Å²) in [6.45, 7) is 0. The quantitative estimate of drug-likeness (QED) is 0.610. The topological polar surface area (TPSA) is 0 Å². The minimum absolute atomic E-state index is 0. The van der Waals surface area contributed by atoms with Crippen LogP contribution in [0.2, 0.25) is 0 Å². The average Bonchev–Trinajstić information content (AvgIpc) is 2.21. The van der Waals surface area contributed by atoms with Gasteiger partial charge in [0.1, 0.15) is 0 Å². The molecule has 59 valence electrons. The van der Waals surface area contributed by atoms with Gasteiger partial charge in [-0.3, -0.25) is 0 Å².